The van der Waals surface area contributed by atoms with Crippen molar-refractivity contribution in [3.05, 3.63) is 41.1 Å². The second-order valence-corrected chi connectivity index (χ2v) is 5.58. The lowest BCUT2D eigenvalue weighted by Gasteiger charge is -2.10. The lowest BCUT2D eigenvalue weighted by molar-refractivity contribution is 0.0786. The molecule has 3 rings (SSSR count). The molecule has 0 unspecified atom stereocenters. The first-order chi connectivity index (χ1) is 11.5. The topological polar surface area (TPSA) is 89.3 Å². The largest absolute Gasteiger partial charge is 0.481 e. The van der Waals surface area contributed by atoms with Crippen molar-refractivity contribution in [1.29, 1.82) is 0 Å². The molecule has 1 aliphatic rings. The Kier molecular flexibility index (Phi) is 4.20. The number of amides is 2. The summed E-state index contributed by atoms with van der Waals surface area (Å²) in [5, 5.41) is 2.77. The number of nitrogens with one attached hydrogen (secondary N) is 1. The van der Waals surface area contributed by atoms with Crippen LogP contribution in [-0.2, 0) is 20.1 Å². The van der Waals surface area contributed by atoms with Crippen LogP contribution in [0.1, 0.15) is 39.0 Å². The lowest BCUT2D eigenvalue weighted by Crippen LogP contribution is -2.24. The minimum absolute atomic E-state index is 0.0417. The highest BCUT2D eigenvalue weighted by molar-refractivity contribution is 5.98. The Hall–Kier alpha value is -2.90. The second kappa shape index (κ2) is 6.31. The zero-order chi connectivity index (χ0) is 17.3. The van der Waals surface area contributed by atoms with E-state index in [1.54, 1.807) is 35.1 Å². The summed E-state index contributed by atoms with van der Waals surface area (Å²) in [6.07, 6.45) is 3.20. The lowest BCUT2D eigenvalue weighted by atomic mass is 10.1. The highest BCUT2D eigenvalue weighted by Crippen LogP contribution is 2.26. The fourth-order valence-corrected chi connectivity index (χ4v) is 2.66. The number of methoxy groups -OCH3 is 1. The molecule has 0 spiro atoms. The van der Waals surface area contributed by atoms with E-state index in [0.29, 0.717) is 41.5 Å². The average molecular weight is 329 g/mol. The third kappa shape index (κ3) is 2.82. The van der Waals surface area contributed by atoms with Crippen LogP contribution in [0.2, 0.25) is 0 Å². The molecule has 0 radical (unpaired) electrons. The Bertz CT molecular complexity index is 799. The Morgan fingerprint density at radius 3 is 2.88 bits per heavy atom. The number of carbonyl (C=O) groups is 2. The average Bonchev–Trinajstić information content (AvgIpc) is 3.15. The Morgan fingerprint density at radius 2 is 2.25 bits per heavy atom. The minimum Gasteiger partial charge on any atom is -0.481 e. The van der Waals surface area contributed by atoms with Crippen molar-refractivity contribution in [3.8, 4) is 5.88 Å². The van der Waals surface area contributed by atoms with Gasteiger partial charge in [-0.3, -0.25) is 9.59 Å². The second-order valence-electron chi connectivity index (χ2n) is 5.58. The summed E-state index contributed by atoms with van der Waals surface area (Å²) in [6, 6.07) is 1.75. The summed E-state index contributed by atoms with van der Waals surface area (Å²) in [5.74, 6) is 0.0837. The minimum atomic E-state index is -0.292. The number of rotatable bonds is 5. The number of nitrogens with zero attached hydrogens (tertiary/aromatic N) is 4. The molecule has 1 aliphatic heterocycles. The number of aromatic nitrogens is 3. The van der Waals surface area contributed by atoms with Crippen molar-refractivity contribution in [1.82, 2.24) is 24.8 Å². The number of ether oxygens (including phenoxy) is 1. The Balaban J connectivity index is 1.80. The summed E-state index contributed by atoms with van der Waals surface area (Å²) in [6.45, 7) is 3.25. The predicted molar refractivity (Wildman–Crippen MR) is 85.6 cm³/mol. The maximum Gasteiger partial charge on any atom is 0.271 e. The van der Waals surface area contributed by atoms with Crippen LogP contribution in [0.25, 0.3) is 0 Å². The highest BCUT2D eigenvalue weighted by Gasteiger charge is 2.29. The van der Waals surface area contributed by atoms with E-state index in [1.807, 2.05) is 6.92 Å². The molecule has 0 aromatic carbocycles. The van der Waals surface area contributed by atoms with Crippen molar-refractivity contribution >= 4 is 11.8 Å². The number of imidazole rings is 1. The van der Waals surface area contributed by atoms with Gasteiger partial charge in [0.1, 0.15) is 5.69 Å². The van der Waals surface area contributed by atoms with Gasteiger partial charge in [0, 0.05) is 31.9 Å². The van der Waals surface area contributed by atoms with Crippen LogP contribution in [0.4, 0.5) is 0 Å². The third-order valence-corrected chi connectivity index (χ3v) is 3.95. The molecule has 0 saturated heterocycles. The first-order valence-electron chi connectivity index (χ1n) is 7.65. The van der Waals surface area contributed by atoms with Crippen LogP contribution in [0, 0.1) is 0 Å². The van der Waals surface area contributed by atoms with Gasteiger partial charge in [0.2, 0.25) is 5.88 Å². The number of pyridine rings is 1. The molecule has 24 heavy (non-hydrogen) atoms. The van der Waals surface area contributed by atoms with E-state index in [1.165, 1.54) is 7.11 Å². The first kappa shape index (κ1) is 16.0. The maximum atomic E-state index is 12.3. The van der Waals surface area contributed by atoms with Gasteiger partial charge < -0.3 is 19.5 Å². The summed E-state index contributed by atoms with van der Waals surface area (Å²) >= 11 is 0. The predicted octanol–water partition coefficient (Wildman–Crippen LogP) is 0.729. The van der Waals surface area contributed by atoms with E-state index in [4.69, 9.17) is 4.74 Å². The van der Waals surface area contributed by atoms with Crippen LogP contribution in [0.3, 0.4) is 0 Å². The smallest absolute Gasteiger partial charge is 0.271 e. The van der Waals surface area contributed by atoms with Crippen LogP contribution >= 0.6 is 0 Å². The summed E-state index contributed by atoms with van der Waals surface area (Å²) in [5.41, 5.74) is 2.27. The van der Waals surface area contributed by atoms with Crippen molar-refractivity contribution in [2.75, 3.05) is 13.7 Å². The van der Waals surface area contributed by atoms with E-state index in [0.717, 1.165) is 0 Å². The van der Waals surface area contributed by atoms with Gasteiger partial charge in [-0.05, 0) is 13.0 Å². The molecule has 0 atom stereocenters. The van der Waals surface area contributed by atoms with Gasteiger partial charge in [-0.1, -0.05) is 0 Å². The molecule has 3 heterocycles. The first-order valence-corrected chi connectivity index (χ1v) is 7.65. The van der Waals surface area contributed by atoms with E-state index in [2.05, 4.69) is 15.3 Å². The molecule has 0 fully saturated rings. The molecule has 8 nitrogen and oxygen atoms in total. The molecule has 2 amide bonds. The van der Waals surface area contributed by atoms with E-state index < -0.39 is 0 Å². The molecule has 1 N–H and O–H groups in total. The SMILES string of the molecule is CCN1Cc2nc(OC)c(CNC(=O)c3cn(C)cn3)cc2C1=O. The van der Waals surface area contributed by atoms with Crippen molar-refractivity contribution in [2.45, 2.75) is 20.0 Å². The number of hydrogen-bond acceptors (Lipinski definition) is 5. The number of fused-ring (bicyclic) bond motifs is 1. The summed E-state index contributed by atoms with van der Waals surface area (Å²) < 4.78 is 7.00. The zero-order valence-corrected chi connectivity index (χ0v) is 13.9. The molecule has 0 saturated carbocycles. The van der Waals surface area contributed by atoms with Crippen LogP contribution in [-0.4, -0.2) is 44.9 Å². The zero-order valence-electron chi connectivity index (χ0n) is 13.9. The molecular formula is C16H19N5O3. The Morgan fingerprint density at radius 1 is 1.46 bits per heavy atom. The molecule has 2 aromatic heterocycles. The van der Waals surface area contributed by atoms with E-state index in [9.17, 15) is 9.59 Å². The van der Waals surface area contributed by atoms with Gasteiger partial charge in [0.15, 0.2) is 0 Å². The van der Waals surface area contributed by atoms with Crippen LogP contribution in [0.15, 0.2) is 18.6 Å². The number of aryl methyl sites for hydroxylation is 1. The van der Waals surface area contributed by atoms with Gasteiger partial charge in [-0.15, -0.1) is 0 Å². The number of hydrogen-bond donors (Lipinski definition) is 1. The standard InChI is InChI=1S/C16H19N5O3/c1-4-21-8-12-11(16(21)23)5-10(15(19-12)24-3)6-17-14(22)13-7-20(2)9-18-13/h5,7,9H,4,6,8H2,1-3H3,(H,17,22). The fourth-order valence-electron chi connectivity index (χ4n) is 2.66. The van der Waals surface area contributed by atoms with E-state index in [-0.39, 0.29) is 18.4 Å². The molecule has 0 bridgehead atoms. The number of carbonyl (C=O) groups excluding carboxylic acids is 2. The van der Waals surface area contributed by atoms with Gasteiger partial charge in [0.05, 0.1) is 31.2 Å². The van der Waals surface area contributed by atoms with Crippen LogP contribution < -0.4 is 10.1 Å². The van der Waals surface area contributed by atoms with Crippen molar-refractivity contribution in [2.24, 2.45) is 7.05 Å². The van der Waals surface area contributed by atoms with Crippen molar-refractivity contribution in [3.63, 3.8) is 0 Å². The monoisotopic (exact) mass is 329 g/mol. The summed E-state index contributed by atoms with van der Waals surface area (Å²) in [7, 11) is 3.31. The molecule has 0 aliphatic carbocycles. The quantitative estimate of drug-likeness (QED) is 0.873. The molecule has 8 heteroatoms. The third-order valence-electron chi connectivity index (χ3n) is 3.95. The normalized spacial score (nSPS) is 13.1. The molecule has 126 valence electrons. The summed E-state index contributed by atoms with van der Waals surface area (Å²) in [4.78, 5) is 34.5. The molecule has 2 aromatic rings. The van der Waals surface area contributed by atoms with Gasteiger partial charge in [-0.25, -0.2) is 9.97 Å². The highest BCUT2D eigenvalue weighted by atomic mass is 16.5. The van der Waals surface area contributed by atoms with Crippen molar-refractivity contribution < 1.29 is 14.3 Å². The van der Waals surface area contributed by atoms with Crippen LogP contribution in [0.5, 0.6) is 5.88 Å². The van der Waals surface area contributed by atoms with Gasteiger partial charge in [0.25, 0.3) is 11.8 Å². The maximum absolute atomic E-state index is 12.3. The van der Waals surface area contributed by atoms with Gasteiger partial charge >= 0.3 is 0 Å². The molecular weight excluding hydrogens is 310 g/mol. The Labute approximate surface area is 139 Å². The van der Waals surface area contributed by atoms with Gasteiger partial charge in [-0.2, -0.15) is 0 Å². The van der Waals surface area contributed by atoms with E-state index >= 15 is 0 Å². The fraction of sp³-hybridized carbons (Fsp3) is 0.375.